The van der Waals surface area contributed by atoms with E-state index in [1.165, 1.54) is 10.9 Å². The summed E-state index contributed by atoms with van der Waals surface area (Å²) in [5.41, 5.74) is 4.15. The van der Waals surface area contributed by atoms with Crippen molar-refractivity contribution in [1.82, 2.24) is 9.55 Å². The van der Waals surface area contributed by atoms with Crippen LogP contribution < -0.4 is 10.9 Å². The first-order valence-electron chi connectivity index (χ1n) is 7.99. The highest BCUT2D eigenvalue weighted by Gasteiger charge is 2.33. The lowest BCUT2D eigenvalue weighted by Crippen LogP contribution is -2.30. The number of amides is 1. The molecule has 0 saturated heterocycles. The Kier molecular flexibility index (Phi) is 3.23. The molecule has 1 aromatic heterocycles. The van der Waals surface area contributed by atoms with Crippen molar-refractivity contribution >= 4 is 22.5 Å². The zero-order chi connectivity index (χ0) is 16.8. The molecule has 3 aromatic rings. The number of aromatic nitrogens is 2. The van der Waals surface area contributed by atoms with Gasteiger partial charge in [0.1, 0.15) is 6.04 Å². The number of carbonyl (C=O) groups excluding carboxylic acids is 1. The molecule has 1 atom stereocenters. The number of aryl methyl sites for hydroxylation is 2. The van der Waals surface area contributed by atoms with Crippen LogP contribution in [0.1, 0.15) is 29.7 Å². The zero-order valence-corrected chi connectivity index (χ0v) is 13.5. The summed E-state index contributed by atoms with van der Waals surface area (Å²) in [6.07, 6.45) is 2.31. The van der Waals surface area contributed by atoms with E-state index in [1.54, 1.807) is 0 Å². The van der Waals surface area contributed by atoms with Gasteiger partial charge in [0.2, 0.25) is 0 Å². The van der Waals surface area contributed by atoms with Crippen molar-refractivity contribution < 1.29 is 4.79 Å². The van der Waals surface area contributed by atoms with Crippen LogP contribution in [0, 0.1) is 6.92 Å². The predicted octanol–water partition coefficient (Wildman–Crippen LogP) is 2.81. The maximum atomic E-state index is 13.0. The molecule has 1 aliphatic heterocycles. The van der Waals surface area contributed by atoms with Crippen LogP contribution in [0.3, 0.4) is 0 Å². The number of carbonyl (C=O) groups is 1. The van der Waals surface area contributed by atoms with Gasteiger partial charge in [0.15, 0.2) is 0 Å². The first kappa shape index (κ1) is 14.6. The Morgan fingerprint density at radius 1 is 1.17 bits per heavy atom. The van der Waals surface area contributed by atoms with Crippen LogP contribution in [0.15, 0.2) is 47.5 Å². The molecule has 0 fully saturated rings. The Morgan fingerprint density at radius 3 is 2.79 bits per heavy atom. The molecule has 2 heterocycles. The van der Waals surface area contributed by atoms with Gasteiger partial charge in [-0.2, -0.15) is 0 Å². The average Bonchev–Trinajstić information content (AvgIpc) is 2.90. The van der Waals surface area contributed by atoms with Crippen LogP contribution in [0.25, 0.3) is 10.9 Å². The lowest BCUT2D eigenvalue weighted by molar-refractivity contribution is -0.117. The molecule has 1 N–H and O–H groups in total. The number of rotatable bonds is 2. The first-order chi connectivity index (χ1) is 11.6. The van der Waals surface area contributed by atoms with E-state index in [2.05, 4.69) is 10.3 Å². The number of benzene rings is 2. The predicted molar refractivity (Wildman–Crippen MR) is 93.3 cm³/mol. The molecule has 2 aromatic carbocycles. The topological polar surface area (TPSA) is 64.0 Å². The Morgan fingerprint density at radius 2 is 2.00 bits per heavy atom. The van der Waals surface area contributed by atoms with E-state index in [0.717, 1.165) is 28.8 Å². The summed E-state index contributed by atoms with van der Waals surface area (Å²) in [5.74, 6) is -0.203. The second-order valence-corrected chi connectivity index (χ2v) is 6.14. The highest BCUT2D eigenvalue weighted by atomic mass is 16.2. The molecule has 0 bridgehead atoms. The third-order valence-electron chi connectivity index (χ3n) is 4.54. The van der Waals surface area contributed by atoms with Gasteiger partial charge in [-0.15, -0.1) is 0 Å². The largest absolute Gasteiger partial charge is 0.324 e. The molecule has 1 amide bonds. The summed E-state index contributed by atoms with van der Waals surface area (Å²) < 4.78 is 1.43. The summed E-state index contributed by atoms with van der Waals surface area (Å²) in [4.78, 5) is 29.8. The minimum Gasteiger partial charge on any atom is -0.324 e. The lowest BCUT2D eigenvalue weighted by atomic mass is 10.0. The fourth-order valence-corrected chi connectivity index (χ4v) is 3.23. The molecule has 5 nitrogen and oxygen atoms in total. The Bertz CT molecular complexity index is 1040. The molecule has 120 valence electrons. The number of nitrogens with one attached hydrogen (secondary N) is 1. The number of hydrogen-bond acceptors (Lipinski definition) is 3. The third-order valence-corrected chi connectivity index (χ3v) is 4.54. The van der Waals surface area contributed by atoms with E-state index in [9.17, 15) is 9.59 Å². The molecule has 1 unspecified atom stereocenters. The average molecular weight is 319 g/mol. The van der Waals surface area contributed by atoms with E-state index in [-0.39, 0.29) is 11.5 Å². The van der Waals surface area contributed by atoms with Gasteiger partial charge in [-0.1, -0.05) is 30.7 Å². The molecule has 24 heavy (non-hydrogen) atoms. The Balaban J connectivity index is 1.94. The molecule has 1 aliphatic rings. The lowest BCUT2D eigenvalue weighted by Gasteiger charge is -2.13. The van der Waals surface area contributed by atoms with Crippen molar-refractivity contribution in [3.63, 3.8) is 0 Å². The maximum Gasteiger partial charge on any atom is 0.262 e. The molecular weight excluding hydrogens is 302 g/mol. The molecule has 0 aliphatic carbocycles. The second-order valence-electron chi connectivity index (χ2n) is 6.14. The maximum absolute atomic E-state index is 13.0. The quantitative estimate of drug-likeness (QED) is 0.790. The van der Waals surface area contributed by atoms with Crippen molar-refractivity contribution in [3.8, 4) is 0 Å². The van der Waals surface area contributed by atoms with Gasteiger partial charge in [-0.05, 0) is 37.1 Å². The molecule has 0 saturated carbocycles. The van der Waals surface area contributed by atoms with Crippen molar-refractivity contribution in [2.75, 3.05) is 5.32 Å². The van der Waals surface area contributed by atoms with Crippen LogP contribution in [0.2, 0.25) is 0 Å². The number of hydrogen-bond donors (Lipinski definition) is 1. The van der Waals surface area contributed by atoms with E-state index in [0.29, 0.717) is 10.9 Å². The van der Waals surface area contributed by atoms with E-state index < -0.39 is 6.04 Å². The second kappa shape index (κ2) is 5.30. The van der Waals surface area contributed by atoms with Crippen molar-refractivity contribution in [2.24, 2.45) is 0 Å². The number of fused-ring (bicyclic) bond motifs is 2. The smallest absolute Gasteiger partial charge is 0.262 e. The minimum absolute atomic E-state index is 0.190. The van der Waals surface area contributed by atoms with Crippen LogP contribution in [-0.4, -0.2) is 15.5 Å². The van der Waals surface area contributed by atoms with Gasteiger partial charge in [0, 0.05) is 11.3 Å². The summed E-state index contributed by atoms with van der Waals surface area (Å²) in [6, 6.07) is 10.8. The van der Waals surface area contributed by atoms with Crippen LogP contribution in [0.4, 0.5) is 5.69 Å². The van der Waals surface area contributed by atoms with Crippen molar-refractivity contribution in [2.45, 2.75) is 26.3 Å². The Hall–Kier alpha value is -2.95. The van der Waals surface area contributed by atoms with Crippen LogP contribution in [0.5, 0.6) is 0 Å². The highest BCUT2D eigenvalue weighted by Crippen LogP contribution is 2.33. The summed E-state index contributed by atoms with van der Waals surface area (Å²) in [6.45, 7) is 4.01. The fourth-order valence-electron chi connectivity index (χ4n) is 3.23. The molecule has 0 spiro atoms. The normalized spacial score (nSPS) is 16.2. The van der Waals surface area contributed by atoms with E-state index in [4.69, 9.17) is 0 Å². The number of anilines is 1. The van der Waals surface area contributed by atoms with Gasteiger partial charge < -0.3 is 5.32 Å². The standard InChI is InChI=1S/C19H17N3O2/c1-3-12-5-7-15-14(9-12)19(24)22(10-20-15)17-13-8-11(2)4-6-16(13)21-18(17)23/h4-10,17H,3H2,1-2H3,(H,21,23). The molecular formula is C19H17N3O2. The number of nitrogens with zero attached hydrogens (tertiary/aromatic N) is 2. The Labute approximate surface area is 139 Å². The molecule has 0 radical (unpaired) electrons. The van der Waals surface area contributed by atoms with Gasteiger partial charge in [0.05, 0.1) is 17.2 Å². The molecule has 4 rings (SSSR count). The SMILES string of the molecule is CCc1ccc2ncn(C3C(=O)Nc4ccc(C)cc43)c(=O)c2c1. The van der Waals surface area contributed by atoms with Gasteiger partial charge in [0.25, 0.3) is 11.5 Å². The van der Waals surface area contributed by atoms with Crippen LogP contribution >= 0.6 is 0 Å². The van der Waals surface area contributed by atoms with Crippen molar-refractivity contribution in [1.29, 1.82) is 0 Å². The summed E-state index contributed by atoms with van der Waals surface area (Å²) in [7, 11) is 0. The highest BCUT2D eigenvalue weighted by molar-refractivity contribution is 6.03. The zero-order valence-electron chi connectivity index (χ0n) is 13.5. The van der Waals surface area contributed by atoms with Gasteiger partial charge in [-0.3, -0.25) is 14.2 Å². The summed E-state index contributed by atoms with van der Waals surface area (Å²) in [5, 5.41) is 3.39. The van der Waals surface area contributed by atoms with Crippen LogP contribution in [-0.2, 0) is 11.2 Å². The van der Waals surface area contributed by atoms with E-state index >= 15 is 0 Å². The molecule has 5 heteroatoms. The first-order valence-corrected chi connectivity index (χ1v) is 7.99. The minimum atomic E-state index is -0.672. The van der Waals surface area contributed by atoms with E-state index in [1.807, 2.05) is 50.2 Å². The summed E-state index contributed by atoms with van der Waals surface area (Å²) >= 11 is 0. The monoisotopic (exact) mass is 319 g/mol. The fraction of sp³-hybridized carbons (Fsp3) is 0.211. The van der Waals surface area contributed by atoms with Gasteiger partial charge >= 0.3 is 0 Å². The van der Waals surface area contributed by atoms with Crippen molar-refractivity contribution in [3.05, 3.63) is 69.8 Å². The third kappa shape index (κ3) is 2.12. The van der Waals surface area contributed by atoms with Gasteiger partial charge in [-0.25, -0.2) is 4.98 Å².